The molecule has 2 radical (unpaired) electrons. The van der Waals surface area contributed by atoms with Gasteiger partial charge in [0.25, 0.3) is 0 Å². The zero-order chi connectivity index (χ0) is 18.8. The van der Waals surface area contributed by atoms with E-state index in [1.165, 1.54) is 0 Å². The van der Waals surface area contributed by atoms with Gasteiger partial charge >= 0.3 is 146 Å². The summed E-state index contributed by atoms with van der Waals surface area (Å²) in [6.45, 7) is 30.3. The molecule has 0 aromatic rings. The van der Waals surface area contributed by atoms with Crippen LogP contribution in [0.5, 0.6) is 0 Å². The van der Waals surface area contributed by atoms with Crippen LogP contribution in [0.2, 0.25) is 4.47 Å². The van der Waals surface area contributed by atoms with Crippen molar-refractivity contribution in [3.05, 3.63) is 56.3 Å². The molecule has 0 unspecified atom stereocenters. The summed E-state index contributed by atoms with van der Waals surface area (Å²) in [4.78, 5) is 0. The molecule has 0 fully saturated rings. The van der Waals surface area contributed by atoms with Crippen molar-refractivity contribution in [2.45, 2.75) is 4.47 Å². The van der Waals surface area contributed by atoms with Crippen molar-refractivity contribution in [2.24, 2.45) is 0 Å². The molecule has 0 saturated heterocycles. The van der Waals surface area contributed by atoms with Gasteiger partial charge in [0.15, 0.2) is 0 Å². The van der Waals surface area contributed by atoms with E-state index in [1.807, 2.05) is 44.6 Å². The Morgan fingerprint density at radius 3 is 0.909 bits per heavy atom. The van der Waals surface area contributed by atoms with Crippen molar-refractivity contribution < 1.29 is 62.1 Å². The number of terminal acetylenes is 1. The fourth-order valence-corrected chi connectivity index (χ4v) is 0. The van der Waals surface area contributed by atoms with Crippen molar-refractivity contribution >= 4 is 44.6 Å². The smallest absolute Gasteiger partial charge is 0 e. The first-order valence-corrected chi connectivity index (χ1v) is 6.03. The van der Waals surface area contributed by atoms with Crippen LogP contribution in [0.1, 0.15) is 0 Å². The Hall–Kier alpha value is 0.138. The van der Waals surface area contributed by atoms with Gasteiger partial charge in [0, 0.05) is 34.1 Å². The molecule has 118 valence electrons. The average Bonchev–Trinajstić information content (AvgIpc) is 2.65. The summed E-state index contributed by atoms with van der Waals surface area (Å²) in [5, 5.41) is 0. The Morgan fingerprint density at radius 2 is 0.909 bits per heavy atom. The van der Waals surface area contributed by atoms with Gasteiger partial charge in [-0.25, -0.2) is 0 Å². The molecular formula is C12H6Fe2O6Te2. The van der Waals surface area contributed by atoms with Gasteiger partial charge in [0.1, 0.15) is 0 Å². The van der Waals surface area contributed by atoms with Gasteiger partial charge in [-0.1, -0.05) is 0 Å². The third-order valence-corrected chi connectivity index (χ3v) is 1.12. The summed E-state index contributed by atoms with van der Waals surface area (Å²) in [6, 6.07) is 0. The maximum atomic E-state index is 7.50. The van der Waals surface area contributed by atoms with Gasteiger partial charge in [0.05, 0.1) is 0 Å². The first-order valence-electron chi connectivity index (χ1n) is 3.03. The minimum absolute atomic E-state index is 0. The predicted octanol–water partition coefficient (Wildman–Crippen LogP) is 0.430. The number of hydrogen-bond acceptors (Lipinski definition) is 0. The topological polar surface area (TPSA) is 119 Å². The van der Waals surface area contributed by atoms with Crippen LogP contribution < -0.4 is 0 Å². The molecule has 0 atom stereocenters. The molecule has 0 aromatic heterocycles. The van der Waals surface area contributed by atoms with Gasteiger partial charge in [0.2, 0.25) is 0 Å². The van der Waals surface area contributed by atoms with Gasteiger partial charge in [-0.05, 0) is 0 Å². The van der Waals surface area contributed by atoms with Crippen molar-refractivity contribution in [3.8, 4) is 12.3 Å². The summed E-state index contributed by atoms with van der Waals surface area (Å²) in [6.07, 6.45) is 4.78. The van der Waals surface area contributed by atoms with Crippen LogP contribution in [0.25, 0.3) is 0 Å². The third-order valence-electron chi connectivity index (χ3n) is 0.167. The summed E-state index contributed by atoms with van der Waals surface area (Å²) >= 11 is 3.71. The summed E-state index contributed by atoms with van der Waals surface area (Å²) < 4.78 is 47.6. The van der Waals surface area contributed by atoms with Crippen LogP contribution in [0.15, 0.2) is 16.4 Å². The first-order chi connectivity index (χ1) is 9.83. The zero-order valence-electron chi connectivity index (χ0n) is 10.5. The fraction of sp³-hybridized carbons (Fsp3) is 0.0833. The first kappa shape index (κ1) is 67.1. The van der Waals surface area contributed by atoms with E-state index in [9.17, 15) is 0 Å². The molecule has 0 aliphatic carbocycles. The van der Waals surface area contributed by atoms with Crippen molar-refractivity contribution in [1.29, 1.82) is 0 Å². The predicted molar refractivity (Wildman–Crippen MR) is 62.4 cm³/mol. The molecule has 0 N–H and O–H groups in total. The van der Waals surface area contributed by atoms with Crippen LogP contribution in [-0.4, -0.2) is 44.6 Å². The van der Waals surface area contributed by atoms with Crippen molar-refractivity contribution in [2.75, 3.05) is 0 Å². The summed E-state index contributed by atoms with van der Waals surface area (Å²) in [7, 11) is 0. The van der Waals surface area contributed by atoms with Gasteiger partial charge in [-0.15, -0.1) is 0 Å². The second kappa shape index (κ2) is 501. The Labute approximate surface area is 178 Å². The molecule has 0 bridgehead atoms. The van der Waals surface area contributed by atoms with Gasteiger partial charge in [-0.3, -0.25) is 0 Å². The zero-order valence-corrected chi connectivity index (χ0v) is 17.4. The maximum absolute atomic E-state index is 7.50. The van der Waals surface area contributed by atoms with E-state index in [1.54, 1.807) is 4.12 Å². The van der Waals surface area contributed by atoms with Gasteiger partial charge < -0.3 is 0 Å². The Kier molecular flexibility index (Phi) is 1530. The maximum Gasteiger partial charge on any atom is 0 e. The molecule has 0 heterocycles. The second-order valence-corrected chi connectivity index (χ2v) is 2.17. The molecule has 0 saturated carbocycles. The van der Waals surface area contributed by atoms with E-state index in [4.69, 9.17) is 34.3 Å². The van der Waals surface area contributed by atoms with Crippen molar-refractivity contribution in [1.82, 2.24) is 0 Å². The quantitative estimate of drug-likeness (QED) is 0.124. The van der Waals surface area contributed by atoms with E-state index >= 15 is 0 Å². The Bertz CT molecular complexity index is 274. The Balaban J connectivity index is -0.00000000950. The van der Waals surface area contributed by atoms with Crippen LogP contribution in [0.4, 0.5) is 0 Å². The van der Waals surface area contributed by atoms with Crippen molar-refractivity contribution in [3.63, 3.8) is 0 Å². The number of hydrogen-bond donors (Lipinski definition) is 0. The van der Waals surface area contributed by atoms with E-state index in [2.05, 4.69) is 58.1 Å². The van der Waals surface area contributed by atoms with Crippen LogP contribution in [0, 0.1) is 52.2 Å². The fourth-order valence-electron chi connectivity index (χ4n) is 0. The number of rotatable bonds is 0. The van der Waals surface area contributed by atoms with E-state index in [0.29, 0.717) is 0 Å². The van der Waals surface area contributed by atoms with E-state index in [0.717, 1.165) is 4.47 Å². The largest absolute Gasteiger partial charge is 0 e. The standard InChI is InChI=1S/2C3H3Te.6CO.2Fe/c2*1-2-3-4;6*1-2;;/h3H,1H2;1H,3H2;;;;;;;;. The monoisotopic (exact) mass is 618 g/mol. The second-order valence-electron chi connectivity index (χ2n) is 0.670. The summed E-state index contributed by atoms with van der Waals surface area (Å²) in [5.74, 6) is 2.44. The molecule has 0 aliphatic heterocycles. The molecule has 6 nitrogen and oxygen atoms in total. The molecule has 0 spiro atoms. The minimum Gasteiger partial charge on any atom is 0 e. The summed E-state index contributed by atoms with van der Waals surface area (Å²) in [5.41, 5.74) is 2.56. The third kappa shape index (κ3) is 1610. The SMILES string of the molecule is C#CC[Te].C=C=C[Te].[C-]#[O+].[C-]#[O+].[C-]#[O+].[C-]#[O+].[C-]#[O+].[C-]#[O+].[Fe].[Fe]. The molecule has 22 heavy (non-hydrogen) atoms. The average molecular weight is 613 g/mol. The van der Waals surface area contributed by atoms with Crippen LogP contribution in [-0.2, 0) is 62.1 Å². The normalized spacial score (nSPS) is 2.18. The van der Waals surface area contributed by atoms with E-state index in [-0.39, 0.29) is 34.1 Å². The Morgan fingerprint density at radius 1 is 0.818 bits per heavy atom. The molecule has 0 amide bonds. The molecule has 0 rings (SSSR count). The van der Waals surface area contributed by atoms with E-state index < -0.39 is 0 Å². The minimum atomic E-state index is 0. The molecule has 10 heteroatoms. The van der Waals surface area contributed by atoms with Crippen LogP contribution in [0.3, 0.4) is 0 Å². The molecule has 0 aromatic carbocycles. The van der Waals surface area contributed by atoms with Crippen LogP contribution >= 0.6 is 0 Å². The molecular weight excluding hydrogens is 607 g/mol. The van der Waals surface area contributed by atoms with Gasteiger partial charge in [-0.2, -0.15) is 0 Å². The molecule has 0 aliphatic rings.